The van der Waals surface area contributed by atoms with E-state index in [2.05, 4.69) is 38.2 Å². The van der Waals surface area contributed by atoms with Crippen LogP contribution in [0.3, 0.4) is 0 Å². The number of hydrogen-bond acceptors (Lipinski definition) is 2. The van der Waals surface area contributed by atoms with Crippen LogP contribution in [0.2, 0.25) is 0 Å². The van der Waals surface area contributed by atoms with E-state index < -0.39 is 0 Å². The Bertz CT molecular complexity index is 148. The van der Waals surface area contributed by atoms with E-state index >= 15 is 0 Å². The molecule has 0 aromatic heterocycles. The zero-order valence-electron chi connectivity index (χ0n) is 5.69. The number of halogens is 1. The van der Waals surface area contributed by atoms with Crippen molar-refractivity contribution in [1.82, 2.24) is 10.6 Å². The van der Waals surface area contributed by atoms with Crippen LogP contribution in [0.5, 0.6) is 0 Å². The highest BCUT2D eigenvalue weighted by molar-refractivity contribution is 14.1. The Morgan fingerprint density at radius 2 is 2.50 bits per heavy atom. The average molecular weight is 252 g/mol. The molecule has 4 nitrogen and oxygen atoms in total. The smallest absolute Gasteiger partial charge is 0.204 e. The molecule has 2 N–H and O–H groups in total. The first-order valence-corrected chi connectivity index (χ1v) is 4.29. The van der Waals surface area contributed by atoms with E-state index in [9.17, 15) is 0 Å². The van der Waals surface area contributed by atoms with E-state index in [0.29, 0.717) is 5.96 Å². The van der Waals surface area contributed by atoms with Gasteiger partial charge in [-0.15, -0.1) is 0 Å². The van der Waals surface area contributed by atoms with Gasteiger partial charge in [0.25, 0.3) is 0 Å². The van der Waals surface area contributed by atoms with Crippen LogP contribution >= 0.6 is 22.6 Å². The second kappa shape index (κ2) is 6.61. The number of guanidine groups is 1. The van der Waals surface area contributed by atoms with Crippen LogP contribution in [0.1, 0.15) is 0 Å². The monoisotopic (exact) mass is 252 g/mol. The van der Waals surface area contributed by atoms with Crippen LogP contribution in [0, 0.1) is 11.5 Å². The topological polar surface area (TPSA) is 60.2 Å². The van der Waals surface area contributed by atoms with E-state index in [0.717, 1.165) is 11.0 Å². The standard InChI is InChI=1S/C5H9IN4/c1-8-5(10-4-7)9-3-2-6/h2-3H2,1H3,(H2,8,9,10). The van der Waals surface area contributed by atoms with Crippen molar-refractivity contribution >= 4 is 28.6 Å². The van der Waals surface area contributed by atoms with Gasteiger partial charge in [-0.2, -0.15) is 5.26 Å². The van der Waals surface area contributed by atoms with Crippen LogP contribution in [0.15, 0.2) is 4.99 Å². The van der Waals surface area contributed by atoms with Crippen molar-refractivity contribution in [2.24, 2.45) is 4.99 Å². The molecule has 0 aliphatic rings. The van der Waals surface area contributed by atoms with Crippen LogP contribution in [0.25, 0.3) is 0 Å². The summed E-state index contributed by atoms with van der Waals surface area (Å²) in [4.78, 5) is 3.78. The van der Waals surface area contributed by atoms with Crippen molar-refractivity contribution in [3.05, 3.63) is 0 Å². The van der Waals surface area contributed by atoms with Crippen molar-refractivity contribution < 1.29 is 0 Å². The summed E-state index contributed by atoms with van der Waals surface area (Å²) in [6.45, 7) is 0.821. The average Bonchev–Trinajstić information content (AvgIpc) is 1.98. The lowest BCUT2D eigenvalue weighted by Crippen LogP contribution is -2.35. The minimum absolute atomic E-state index is 0.527. The van der Waals surface area contributed by atoms with Gasteiger partial charge in [0, 0.05) is 18.0 Å². The molecule has 0 aromatic rings. The first kappa shape index (κ1) is 9.49. The molecule has 0 aliphatic carbocycles. The number of nitrogens with zero attached hydrogens (tertiary/aromatic N) is 2. The van der Waals surface area contributed by atoms with Crippen LogP contribution in [-0.4, -0.2) is 24.0 Å². The van der Waals surface area contributed by atoms with Gasteiger partial charge in [0.05, 0.1) is 0 Å². The SMILES string of the molecule is CN=C(NC#N)NCCI. The van der Waals surface area contributed by atoms with Crippen LogP contribution < -0.4 is 10.6 Å². The Balaban J connectivity index is 3.54. The molecule has 0 unspecified atom stereocenters. The third-order valence-corrected chi connectivity index (χ3v) is 1.32. The number of nitriles is 1. The Labute approximate surface area is 73.8 Å². The molecular formula is C5H9IN4. The second-order valence-electron chi connectivity index (χ2n) is 1.42. The molecular weight excluding hydrogens is 243 g/mol. The van der Waals surface area contributed by atoms with Gasteiger partial charge >= 0.3 is 0 Å². The fourth-order valence-corrected chi connectivity index (χ4v) is 0.667. The molecule has 0 fully saturated rings. The predicted molar refractivity (Wildman–Crippen MR) is 49.0 cm³/mol. The minimum Gasteiger partial charge on any atom is -0.355 e. The van der Waals surface area contributed by atoms with Gasteiger partial charge in [-0.25, -0.2) is 0 Å². The molecule has 0 saturated carbocycles. The fraction of sp³-hybridized carbons (Fsp3) is 0.600. The molecule has 0 aliphatic heterocycles. The third-order valence-electron chi connectivity index (χ3n) is 0.785. The molecule has 0 atom stereocenters. The molecule has 0 radical (unpaired) electrons. The Morgan fingerprint density at radius 3 is 2.90 bits per heavy atom. The van der Waals surface area contributed by atoms with E-state index in [1.165, 1.54) is 0 Å². The number of aliphatic imine (C=N–C) groups is 1. The molecule has 0 heterocycles. The highest BCUT2D eigenvalue weighted by atomic mass is 127. The lowest BCUT2D eigenvalue weighted by molar-refractivity contribution is 0.940. The normalized spacial score (nSPS) is 10.3. The molecule has 0 amide bonds. The Hall–Kier alpha value is -0.510. The van der Waals surface area contributed by atoms with E-state index in [-0.39, 0.29) is 0 Å². The number of hydrogen-bond donors (Lipinski definition) is 2. The highest BCUT2D eigenvalue weighted by Crippen LogP contribution is 1.75. The molecule has 5 heteroatoms. The summed E-state index contributed by atoms with van der Waals surface area (Å²) in [6.07, 6.45) is 1.78. The van der Waals surface area contributed by atoms with Crippen molar-refractivity contribution in [3.63, 3.8) is 0 Å². The zero-order chi connectivity index (χ0) is 7.82. The fourth-order valence-electron chi connectivity index (χ4n) is 0.398. The highest BCUT2D eigenvalue weighted by Gasteiger charge is 1.90. The first-order valence-electron chi connectivity index (χ1n) is 2.77. The molecule has 0 bridgehead atoms. The van der Waals surface area contributed by atoms with Gasteiger partial charge in [-0.3, -0.25) is 10.3 Å². The number of nitrogens with one attached hydrogen (secondary N) is 2. The van der Waals surface area contributed by atoms with Gasteiger partial charge in [-0.05, 0) is 0 Å². The van der Waals surface area contributed by atoms with E-state index in [4.69, 9.17) is 5.26 Å². The predicted octanol–water partition coefficient (Wildman–Crippen LogP) is 0.0675. The van der Waals surface area contributed by atoms with Crippen LogP contribution in [0.4, 0.5) is 0 Å². The summed E-state index contributed by atoms with van der Waals surface area (Å²) in [5.41, 5.74) is 0. The van der Waals surface area contributed by atoms with Gasteiger partial charge in [0.1, 0.15) is 0 Å². The van der Waals surface area contributed by atoms with Crippen molar-refractivity contribution in [1.29, 1.82) is 5.26 Å². The van der Waals surface area contributed by atoms with Gasteiger partial charge < -0.3 is 5.32 Å². The maximum Gasteiger partial charge on any atom is 0.204 e. The molecule has 0 aromatic carbocycles. The van der Waals surface area contributed by atoms with Crippen molar-refractivity contribution in [2.75, 3.05) is 18.0 Å². The van der Waals surface area contributed by atoms with Gasteiger partial charge in [-0.1, -0.05) is 22.6 Å². The summed E-state index contributed by atoms with van der Waals surface area (Å²) in [5.74, 6) is 0.527. The summed E-state index contributed by atoms with van der Waals surface area (Å²) in [6, 6.07) is 0. The summed E-state index contributed by atoms with van der Waals surface area (Å²) in [5, 5.41) is 13.5. The van der Waals surface area contributed by atoms with Gasteiger partial charge in [0.2, 0.25) is 5.96 Å². The number of rotatable bonds is 2. The summed E-state index contributed by atoms with van der Waals surface area (Å²) < 4.78 is 0.990. The molecule has 10 heavy (non-hydrogen) atoms. The van der Waals surface area contributed by atoms with Crippen molar-refractivity contribution in [2.45, 2.75) is 0 Å². The third kappa shape index (κ3) is 4.38. The Kier molecular flexibility index (Phi) is 6.27. The second-order valence-corrected chi connectivity index (χ2v) is 2.50. The number of alkyl halides is 1. The molecule has 0 spiro atoms. The van der Waals surface area contributed by atoms with Gasteiger partial charge in [0.15, 0.2) is 6.19 Å². The molecule has 0 rings (SSSR count). The quantitative estimate of drug-likeness (QED) is 0.182. The minimum atomic E-state index is 0.527. The van der Waals surface area contributed by atoms with Crippen molar-refractivity contribution in [3.8, 4) is 6.19 Å². The summed E-state index contributed by atoms with van der Waals surface area (Å²) in [7, 11) is 1.62. The maximum atomic E-state index is 8.18. The largest absolute Gasteiger partial charge is 0.355 e. The summed E-state index contributed by atoms with van der Waals surface area (Å²) >= 11 is 2.24. The Morgan fingerprint density at radius 1 is 1.80 bits per heavy atom. The van der Waals surface area contributed by atoms with E-state index in [1.54, 1.807) is 13.2 Å². The van der Waals surface area contributed by atoms with Crippen LogP contribution in [-0.2, 0) is 0 Å². The maximum absolute atomic E-state index is 8.18. The lowest BCUT2D eigenvalue weighted by atomic mass is 10.7. The lowest BCUT2D eigenvalue weighted by Gasteiger charge is -2.02. The molecule has 0 saturated heterocycles. The zero-order valence-corrected chi connectivity index (χ0v) is 7.84. The molecule has 56 valence electrons. The first-order chi connectivity index (χ1) is 4.85. The van der Waals surface area contributed by atoms with E-state index in [1.807, 2.05) is 0 Å².